The van der Waals surface area contributed by atoms with Gasteiger partial charge in [0.05, 0.1) is 0 Å². The maximum Gasteiger partial charge on any atom is 0.164 e. The van der Waals surface area contributed by atoms with Crippen LogP contribution in [0.5, 0.6) is 17.2 Å². The van der Waals surface area contributed by atoms with Crippen LogP contribution >= 0.6 is 0 Å². The van der Waals surface area contributed by atoms with E-state index in [4.69, 9.17) is 0 Å². The molecular weight excluding hydrogens is 240 g/mol. The van der Waals surface area contributed by atoms with E-state index >= 15 is 0 Å². The Morgan fingerprint density at radius 2 is 1.47 bits per heavy atom. The van der Waals surface area contributed by atoms with Gasteiger partial charge in [0.25, 0.3) is 0 Å². The summed E-state index contributed by atoms with van der Waals surface area (Å²) >= 11 is 0. The van der Waals surface area contributed by atoms with Crippen LogP contribution in [0, 0.1) is 0 Å². The Morgan fingerprint density at radius 1 is 0.842 bits per heavy atom. The second kappa shape index (κ2) is 5.22. The van der Waals surface area contributed by atoms with Gasteiger partial charge in [-0.3, -0.25) is 0 Å². The van der Waals surface area contributed by atoms with E-state index < -0.39 is 0 Å². The number of phenolic OH excluding ortho intramolecular Hbond substituents is 3. The van der Waals surface area contributed by atoms with E-state index in [9.17, 15) is 15.3 Å². The fourth-order valence-corrected chi connectivity index (χ4v) is 2.18. The third kappa shape index (κ3) is 2.36. The number of phenols is 3. The monoisotopic (exact) mass is 258 g/mol. The molecular formula is C16H18O3. The summed E-state index contributed by atoms with van der Waals surface area (Å²) in [7, 11) is 0. The van der Waals surface area contributed by atoms with E-state index in [1.165, 1.54) is 11.6 Å². The van der Waals surface area contributed by atoms with Gasteiger partial charge >= 0.3 is 0 Å². The van der Waals surface area contributed by atoms with Gasteiger partial charge in [-0.15, -0.1) is 0 Å². The Balaban J connectivity index is 2.58. The molecule has 0 aromatic heterocycles. The smallest absolute Gasteiger partial charge is 0.164 e. The molecule has 3 heteroatoms. The first-order valence-corrected chi connectivity index (χ1v) is 6.44. The van der Waals surface area contributed by atoms with Gasteiger partial charge in [0, 0.05) is 11.1 Å². The Kier molecular flexibility index (Phi) is 3.65. The highest BCUT2D eigenvalue weighted by Gasteiger charge is 2.16. The van der Waals surface area contributed by atoms with Crippen molar-refractivity contribution >= 4 is 0 Å². The van der Waals surface area contributed by atoms with Crippen LogP contribution in [0.2, 0.25) is 0 Å². The largest absolute Gasteiger partial charge is 0.507 e. The molecule has 0 aliphatic heterocycles. The lowest BCUT2D eigenvalue weighted by atomic mass is 9.97. The average Bonchev–Trinajstić information content (AvgIpc) is 2.44. The van der Waals surface area contributed by atoms with E-state index in [1.54, 1.807) is 0 Å². The van der Waals surface area contributed by atoms with Crippen molar-refractivity contribution in [2.75, 3.05) is 0 Å². The Morgan fingerprint density at radius 3 is 2.00 bits per heavy atom. The Bertz CT molecular complexity index is 586. The first kappa shape index (κ1) is 13.3. The molecule has 100 valence electrons. The van der Waals surface area contributed by atoms with Crippen molar-refractivity contribution in [1.82, 2.24) is 0 Å². The van der Waals surface area contributed by atoms with Crippen molar-refractivity contribution in [2.24, 2.45) is 0 Å². The van der Waals surface area contributed by atoms with Crippen molar-refractivity contribution in [1.29, 1.82) is 0 Å². The van der Waals surface area contributed by atoms with Crippen molar-refractivity contribution in [3.05, 3.63) is 41.5 Å². The molecule has 0 radical (unpaired) electrons. The maximum atomic E-state index is 10.2. The van der Waals surface area contributed by atoms with Crippen LogP contribution in [-0.2, 0) is 12.8 Å². The molecule has 0 amide bonds. The van der Waals surface area contributed by atoms with E-state index in [1.807, 2.05) is 31.2 Å². The first-order chi connectivity index (χ1) is 9.08. The quantitative estimate of drug-likeness (QED) is 0.582. The van der Waals surface area contributed by atoms with Crippen LogP contribution < -0.4 is 0 Å². The average molecular weight is 258 g/mol. The minimum absolute atomic E-state index is 0.0297. The molecule has 0 aliphatic carbocycles. The number of hydrogen-bond donors (Lipinski definition) is 3. The molecule has 2 aromatic rings. The van der Waals surface area contributed by atoms with Crippen LogP contribution in [0.4, 0.5) is 0 Å². The van der Waals surface area contributed by atoms with Crippen LogP contribution in [0.25, 0.3) is 11.1 Å². The van der Waals surface area contributed by atoms with Gasteiger partial charge in [0.15, 0.2) is 11.5 Å². The minimum atomic E-state index is -0.242. The maximum absolute atomic E-state index is 10.2. The summed E-state index contributed by atoms with van der Waals surface area (Å²) < 4.78 is 0. The third-order valence-electron chi connectivity index (χ3n) is 3.38. The van der Waals surface area contributed by atoms with E-state index in [0.717, 1.165) is 12.0 Å². The lowest BCUT2D eigenvalue weighted by Crippen LogP contribution is -1.89. The van der Waals surface area contributed by atoms with Gasteiger partial charge in [-0.1, -0.05) is 38.1 Å². The topological polar surface area (TPSA) is 60.7 Å². The molecule has 0 unspecified atom stereocenters. The van der Waals surface area contributed by atoms with Crippen molar-refractivity contribution < 1.29 is 15.3 Å². The molecule has 0 saturated heterocycles. The summed E-state index contributed by atoms with van der Waals surface area (Å²) in [5, 5.41) is 29.7. The zero-order valence-corrected chi connectivity index (χ0v) is 11.1. The normalized spacial score (nSPS) is 10.6. The SMILES string of the molecule is CCc1ccc(-c2cc(O)c(O)c(CC)c2O)cc1. The van der Waals surface area contributed by atoms with E-state index in [2.05, 4.69) is 6.92 Å². The van der Waals surface area contributed by atoms with Gasteiger partial charge in [0.2, 0.25) is 0 Å². The number of rotatable bonds is 3. The summed E-state index contributed by atoms with van der Waals surface area (Å²) in [4.78, 5) is 0. The number of aryl methyl sites for hydroxylation is 1. The summed E-state index contributed by atoms with van der Waals surface area (Å²) in [5.74, 6) is -0.416. The van der Waals surface area contributed by atoms with Crippen LogP contribution in [0.15, 0.2) is 30.3 Å². The Hall–Kier alpha value is -2.16. The van der Waals surface area contributed by atoms with Crippen molar-refractivity contribution in [3.8, 4) is 28.4 Å². The van der Waals surface area contributed by atoms with Crippen LogP contribution in [0.3, 0.4) is 0 Å². The highest BCUT2D eigenvalue weighted by atomic mass is 16.3. The molecule has 0 fully saturated rings. The first-order valence-electron chi connectivity index (χ1n) is 6.44. The number of benzene rings is 2. The predicted molar refractivity (Wildman–Crippen MR) is 75.6 cm³/mol. The lowest BCUT2D eigenvalue weighted by Gasteiger charge is -2.12. The minimum Gasteiger partial charge on any atom is -0.507 e. The molecule has 19 heavy (non-hydrogen) atoms. The molecule has 3 nitrogen and oxygen atoms in total. The molecule has 0 atom stereocenters. The van der Waals surface area contributed by atoms with Crippen LogP contribution in [-0.4, -0.2) is 15.3 Å². The summed E-state index contributed by atoms with van der Waals surface area (Å²) in [6.45, 7) is 3.90. The molecule has 2 aromatic carbocycles. The standard InChI is InChI=1S/C16H18O3/c1-3-10-5-7-11(8-6-10)13-9-14(17)16(19)12(4-2)15(13)18/h5-9,17-19H,3-4H2,1-2H3. The van der Waals surface area contributed by atoms with Crippen molar-refractivity contribution in [3.63, 3.8) is 0 Å². The van der Waals surface area contributed by atoms with Gasteiger partial charge in [-0.05, 0) is 30.0 Å². The molecule has 0 aliphatic rings. The summed E-state index contributed by atoms with van der Waals surface area (Å²) in [5.41, 5.74) is 2.94. The van der Waals surface area contributed by atoms with Gasteiger partial charge in [-0.2, -0.15) is 0 Å². The van der Waals surface area contributed by atoms with Gasteiger partial charge in [0.1, 0.15) is 5.75 Å². The molecule has 3 N–H and O–H groups in total. The molecule has 2 rings (SSSR count). The fourth-order valence-electron chi connectivity index (χ4n) is 2.18. The lowest BCUT2D eigenvalue weighted by molar-refractivity contribution is 0.391. The van der Waals surface area contributed by atoms with Crippen LogP contribution in [0.1, 0.15) is 25.0 Å². The molecule has 0 spiro atoms. The molecule has 0 bridgehead atoms. The van der Waals surface area contributed by atoms with Gasteiger partial charge in [-0.25, -0.2) is 0 Å². The summed E-state index contributed by atoms with van der Waals surface area (Å²) in [6, 6.07) is 9.19. The highest BCUT2D eigenvalue weighted by molar-refractivity contribution is 5.76. The van der Waals surface area contributed by atoms with E-state index in [0.29, 0.717) is 17.5 Å². The predicted octanol–water partition coefficient (Wildman–Crippen LogP) is 3.60. The summed E-state index contributed by atoms with van der Waals surface area (Å²) in [6.07, 6.45) is 1.40. The second-order valence-electron chi connectivity index (χ2n) is 4.52. The fraction of sp³-hybridized carbons (Fsp3) is 0.250. The molecule has 0 saturated carbocycles. The number of hydrogen-bond acceptors (Lipinski definition) is 3. The zero-order chi connectivity index (χ0) is 14.0. The van der Waals surface area contributed by atoms with Gasteiger partial charge < -0.3 is 15.3 Å². The highest BCUT2D eigenvalue weighted by Crippen LogP contribution is 2.43. The van der Waals surface area contributed by atoms with Crippen molar-refractivity contribution in [2.45, 2.75) is 26.7 Å². The zero-order valence-electron chi connectivity index (χ0n) is 11.1. The molecule has 0 heterocycles. The second-order valence-corrected chi connectivity index (χ2v) is 4.52. The third-order valence-corrected chi connectivity index (χ3v) is 3.38. The van der Waals surface area contributed by atoms with E-state index in [-0.39, 0.29) is 17.2 Å². The number of aromatic hydroxyl groups is 3. The Labute approximate surface area is 112 Å².